The molecule has 1 saturated carbocycles. The molecule has 0 aliphatic heterocycles. The molecule has 1 aliphatic rings. The van der Waals surface area contributed by atoms with Crippen molar-refractivity contribution in [3.8, 4) is 5.75 Å². The smallest absolute Gasteiger partial charge is 0.201 e. The molecule has 0 amide bonds. The standard InChI is InChI=1S/C25H28F2O/c1-3-17-28-23-16-15-22(24(26)25(23)27)14-9-19-7-12-21(13-8-19)20-10-5-18(4-2)6-11-20/h3-4,7-8,12-13,15-18,20H,2,5-6,9-11,14H2,1H3/b17-3+. The third-order valence-corrected chi connectivity index (χ3v) is 5.70. The van der Waals surface area contributed by atoms with Crippen molar-refractivity contribution in [3.63, 3.8) is 0 Å². The van der Waals surface area contributed by atoms with Crippen LogP contribution in [0, 0.1) is 17.6 Å². The lowest BCUT2D eigenvalue weighted by molar-refractivity contribution is 0.376. The van der Waals surface area contributed by atoms with E-state index in [2.05, 4.69) is 36.9 Å². The van der Waals surface area contributed by atoms with Crippen LogP contribution in [0.15, 0.2) is 61.4 Å². The van der Waals surface area contributed by atoms with Crippen molar-refractivity contribution in [2.45, 2.75) is 51.4 Å². The molecule has 0 unspecified atom stereocenters. The number of hydrogen-bond acceptors (Lipinski definition) is 1. The number of hydrogen-bond donors (Lipinski definition) is 0. The average Bonchev–Trinajstić information content (AvgIpc) is 2.74. The Morgan fingerprint density at radius 2 is 1.68 bits per heavy atom. The van der Waals surface area contributed by atoms with Crippen LogP contribution in [-0.2, 0) is 12.8 Å². The molecule has 0 heterocycles. The molecule has 0 spiro atoms. The van der Waals surface area contributed by atoms with Crippen molar-refractivity contribution in [1.29, 1.82) is 0 Å². The third-order valence-electron chi connectivity index (χ3n) is 5.70. The quantitative estimate of drug-likeness (QED) is 0.366. The SMILES string of the molecule is C=CC1CCC(c2ccc(CCc3ccc(O/C=C/C)c(F)c3F)cc2)CC1. The zero-order valence-electron chi connectivity index (χ0n) is 16.5. The monoisotopic (exact) mass is 382 g/mol. The van der Waals surface area contributed by atoms with E-state index in [1.807, 2.05) is 0 Å². The Kier molecular flexibility index (Phi) is 7.02. The topological polar surface area (TPSA) is 9.23 Å². The Labute approximate surface area is 166 Å². The number of halogens is 2. The van der Waals surface area contributed by atoms with E-state index in [1.165, 1.54) is 43.6 Å². The van der Waals surface area contributed by atoms with Gasteiger partial charge in [0.15, 0.2) is 11.6 Å². The van der Waals surface area contributed by atoms with E-state index in [4.69, 9.17) is 4.74 Å². The van der Waals surface area contributed by atoms with Crippen LogP contribution in [0.4, 0.5) is 8.78 Å². The Bertz CT molecular complexity index is 815. The van der Waals surface area contributed by atoms with E-state index in [-0.39, 0.29) is 5.75 Å². The first-order valence-electron chi connectivity index (χ1n) is 10.1. The van der Waals surface area contributed by atoms with Gasteiger partial charge in [-0.25, -0.2) is 4.39 Å². The van der Waals surface area contributed by atoms with E-state index in [0.717, 1.165) is 5.56 Å². The van der Waals surface area contributed by atoms with Gasteiger partial charge in [0.1, 0.15) is 0 Å². The summed E-state index contributed by atoms with van der Waals surface area (Å²) in [6, 6.07) is 11.7. The minimum absolute atomic E-state index is 0.0881. The number of aryl methyl sites for hydroxylation is 2. The van der Waals surface area contributed by atoms with Gasteiger partial charge in [-0.05, 0) is 80.0 Å². The van der Waals surface area contributed by atoms with Crippen LogP contribution in [0.25, 0.3) is 0 Å². The number of benzene rings is 2. The highest BCUT2D eigenvalue weighted by molar-refractivity contribution is 5.33. The summed E-state index contributed by atoms with van der Waals surface area (Å²) in [6.45, 7) is 5.66. The lowest BCUT2D eigenvalue weighted by Gasteiger charge is -2.27. The molecular weight excluding hydrogens is 354 g/mol. The first kappa shape index (κ1) is 20.3. The lowest BCUT2D eigenvalue weighted by atomic mass is 9.78. The number of ether oxygens (including phenoxy) is 1. The van der Waals surface area contributed by atoms with Crippen molar-refractivity contribution in [2.75, 3.05) is 0 Å². The first-order valence-corrected chi connectivity index (χ1v) is 10.1. The second-order valence-corrected chi connectivity index (χ2v) is 7.53. The van der Waals surface area contributed by atoms with Crippen molar-refractivity contribution in [3.05, 3.63) is 89.7 Å². The van der Waals surface area contributed by atoms with Crippen molar-refractivity contribution in [1.82, 2.24) is 0 Å². The summed E-state index contributed by atoms with van der Waals surface area (Å²) in [5, 5.41) is 0. The average molecular weight is 382 g/mol. The van der Waals surface area contributed by atoms with Crippen LogP contribution in [0.2, 0.25) is 0 Å². The van der Waals surface area contributed by atoms with Crippen LogP contribution in [-0.4, -0.2) is 0 Å². The summed E-state index contributed by atoms with van der Waals surface area (Å²) in [6.07, 6.45) is 11.0. The third kappa shape index (κ3) is 4.89. The van der Waals surface area contributed by atoms with Crippen molar-refractivity contribution in [2.24, 2.45) is 5.92 Å². The highest BCUT2D eigenvalue weighted by Gasteiger charge is 2.20. The van der Waals surface area contributed by atoms with Crippen LogP contribution >= 0.6 is 0 Å². The second kappa shape index (κ2) is 9.68. The first-order chi connectivity index (χ1) is 13.6. The fraction of sp³-hybridized carbons (Fsp3) is 0.360. The van der Waals surface area contributed by atoms with Gasteiger partial charge in [-0.1, -0.05) is 42.5 Å². The Balaban J connectivity index is 1.59. The Hall–Kier alpha value is -2.42. The summed E-state index contributed by atoms with van der Waals surface area (Å²) in [5.41, 5.74) is 2.89. The predicted octanol–water partition coefficient (Wildman–Crippen LogP) is 7.12. The van der Waals surface area contributed by atoms with Gasteiger partial charge in [0.05, 0.1) is 6.26 Å². The molecule has 1 fully saturated rings. The number of allylic oxidation sites excluding steroid dienone is 2. The summed E-state index contributed by atoms with van der Waals surface area (Å²) in [5.74, 6) is -0.546. The van der Waals surface area contributed by atoms with Gasteiger partial charge < -0.3 is 4.74 Å². The highest BCUT2D eigenvalue weighted by Crippen LogP contribution is 2.36. The van der Waals surface area contributed by atoms with Crippen LogP contribution in [0.5, 0.6) is 5.75 Å². The van der Waals surface area contributed by atoms with E-state index < -0.39 is 11.6 Å². The molecule has 28 heavy (non-hydrogen) atoms. The zero-order chi connectivity index (χ0) is 19.9. The molecule has 0 N–H and O–H groups in total. The molecule has 2 aromatic rings. The second-order valence-electron chi connectivity index (χ2n) is 7.53. The van der Waals surface area contributed by atoms with E-state index in [1.54, 1.807) is 19.1 Å². The summed E-state index contributed by atoms with van der Waals surface area (Å²) < 4.78 is 33.4. The lowest BCUT2D eigenvalue weighted by Crippen LogP contribution is -2.11. The van der Waals surface area contributed by atoms with E-state index in [9.17, 15) is 8.78 Å². The Morgan fingerprint density at radius 3 is 2.32 bits per heavy atom. The van der Waals surface area contributed by atoms with Gasteiger partial charge in [0.2, 0.25) is 5.82 Å². The largest absolute Gasteiger partial charge is 0.462 e. The summed E-state index contributed by atoms with van der Waals surface area (Å²) >= 11 is 0. The fourth-order valence-electron chi connectivity index (χ4n) is 3.92. The zero-order valence-corrected chi connectivity index (χ0v) is 16.5. The predicted molar refractivity (Wildman–Crippen MR) is 111 cm³/mol. The highest BCUT2D eigenvalue weighted by atomic mass is 19.2. The molecule has 2 aromatic carbocycles. The molecule has 0 bridgehead atoms. The van der Waals surface area contributed by atoms with Crippen LogP contribution in [0.1, 0.15) is 55.2 Å². The summed E-state index contributed by atoms with van der Waals surface area (Å²) in [7, 11) is 0. The Morgan fingerprint density at radius 1 is 0.964 bits per heavy atom. The summed E-state index contributed by atoms with van der Waals surface area (Å²) in [4.78, 5) is 0. The molecule has 1 nitrogen and oxygen atoms in total. The van der Waals surface area contributed by atoms with Gasteiger partial charge in [-0.2, -0.15) is 4.39 Å². The van der Waals surface area contributed by atoms with E-state index in [0.29, 0.717) is 30.2 Å². The molecule has 0 radical (unpaired) electrons. The van der Waals surface area contributed by atoms with E-state index >= 15 is 0 Å². The van der Waals surface area contributed by atoms with Crippen LogP contribution in [0.3, 0.4) is 0 Å². The molecule has 3 rings (SSSR count). The molecule has 0 aromatic heterocycles. The van der Waals surface area contributed by atoms with Crippen molar-refractivity contribution < 1.29 is 13.5 Å². The maximum atomic E-state index is 14.3. The van der Waals surface area contributed by atoms with Crippen molar-refractivity contribution >= 4 is 0 Å². The van der Waals surface area contributed by atoms with Gasteiger partial charge in [0.25, 0.3) is 0 Å². The van der Waals surface area contributed by atoms with Gasteiger partial charge in [0, 0.05) is 0 Å². The minimum Gasteiger partial charge on any atom is -0.462 e. The number of rotatable bonds is 7. The van der Waals surface area contributed by atoms with Crippen LogP contribution < -0.4 is 4.74 Å². The molecule has 1 aliphatic carbocycles. The fourth-order valence-corrected chi connectivity index (χ4v) is 3.92. The molecule has 3 heteroatoms. The minimum atomic E-state index is -0.930. The maximum absolute atomic E-state index is 14.3. The molecule has 148 valence electrons. The molecule has 0 atom stereocenters. The maximum Gasteiger partial charge on any atom is 0.201 e. The normalized spacial score (nSPS) is 19.7. The van der Waals surface area contributed by atoms with Gasteiger partial charge in [-0.3, -0.25) is 0 Å². The van der Waals surface area contributed by atoms with Gasteiger partial charge >= 0.3 is 0 Å². The molecule has 0 saturated heterocycles. The van der Waals surface area contributed by atoms with Gasteiger partial charge in [-0.15, -0.1) is 6.58 Å². The molecular formula is C25H28F2O.